The number of carbonyl (C=O) groups excluding carboxylic acids is 2. The van der Waals surface area contributed by atoms with Crippen molar-refractivity contribution in [3.05, 3.63) is 0 Å². The van der Waals surface area contributed by atoms with E-state index in [1.54, 1.807) is 0 Å². The van der Waals surface area contributed by atoms with Gasteiger partial charge in [0, 0.05) is 0 Å². The summed E-state index contributed by atoms with van der Waals surface area (Å²) in [5.41, 5.74) is 5.26. The van der Waals surface area contributed by atoms with Crippen LogP contribution in [0.4, 0.5) is 0 Å². The molecule has 4 nitrogen and oxygen atoms in total. The van der Waals surface area contributed by atoms with Gasteiger partial charge in [0.15, 0.2) is 0 Å². The van der Waals surface area contributed by atoms with Crippen LogP contribution in [-0.2, 0) is 9.59 Å². The van der Waals surface area contributed by atoms with Crippen molar-refractivity contribution in [2.24, 2.45) is 28.4 Å². The zero-order chi connectivity index (χ0) is 13.0. The summed E-state index contributed by atoms with van der Waals surface area (Å²) in [6, 6.07) is 0. The lowest BCUT2D eigenvalue weighted by molar-refractivity contribution is -0.155. The molecule has 0 spiro atoms. The summed E-state index contributed by atoms with van der Waals surface area (Å²) in [7, 11) is 0. The molecule has 3 N–H and O–H groups in total. The first-order valence-electron chi connectivity index (χ1n) is 6.97. The topological polar surface area (TPSA) is 72.2 Å². The van der Waals surface area contributed by atoms with Crippen molar-refractivity contribution in [3.8, 4) is 0 Å². The maximum Gasteiger partial charge on any atom is 0.236 e. The van der Waals surface area contributed by atoms with Crippen LogP contribution in [0.5, 0.6) is 0 Å². The quantitative estimate of drug-likeness (QED) is 0.790. The van der Waals surface area contributed by atoms with E-state index in [1.807, 2.05) is 0 Å². The minimum atomic E-state index is -0.459. The van der Waals surface area contributed by atoms with Crippen molar-refractivity contribution < 1.29 is 9.59 Å². The lowest BCUT2D eigenvalue weighted by Gasteiger charge is -2.60. The maximum atomic E-state index is 12.4. The van der Waals surface area contributed by atoms with E-state index in [4.69, 9.17) is 5.73 Å². The minimum absolute atomic E-state index is 0.0212. The fraction of sp³-hybridized carbons (Fsp3) is 0.857. The van der Waals surface area contributed by atoms with Crippen LogP contribution < -0.4 is 11.1 Å². The molecular formula is C14H22N2O2. The Morgan fingerprint density at radius 3 is 2.33 bits per heavy atom. The first-order chi connectivity index (χ1) is 8.41. The Balaban J connectivity index is 1.78. The molecule has 4 bridgehead atoms. The number of primary amides is 1. The summed E-state index contributed by atoms with van der Waals surface area (Å²) in [5, 5.41) is 2.74. The summed E-state index contributed by atoms with van der Waals surface area (Å²) in [6.07, 6.45) is 6.91. The Morgan fingerprint density at radius 1 is 1.22 bits per heavy atom. The zero-order valence-electron chi connectivity index (χ0n) is 11.0. The Bertz CT molecular complexity index is 391. The van der Waals surface area contributed by atoms with E-state index in [2.05, 4.69) is 12.2 Å². The summed E-state index contributed by atoms with van der Waals surface area (Å²) in [5.74, 6) is 1.05. The first-order valence-corrected chi connectivity index (χ1v) is 6.97. The van der Waals surface area contributed by atoms with Gasteiger partial charge in [0.2, 0.25) is 11.8 Å². The number of rotatable bonds is 3. The van der Waals surface area contributed by atoms with Crippen LogP contribution in [0.15, 0.2) is 0 Å². The van der Waals surface area contributed by atoms with Gasteiger partial charge in [-0.1, -0.05) is 6.92 Å². The molecular weight excluding hydrogens is 228 g/mol. The number of hydrogen-bond donors (Lipinski definition) is 2. The second kappa shape index (κ2) is 3.72. The van der Waals surface area contributed by atoms with Gasteiger partial charge in [0.1, 0.15) is 0 Å². The molecule has 4 aliphatic rings. The van der Waals surface area contributed by atoms with Gasteiger partial charge in [-0.05, 0) is 55.8 Å². The summed E-state index contributed by atoms with van der Waals surface area (Å²) < 4.78 is 0. The smallest absolute Gasteiger partial charge is 0.236 e. The third-order valence-corrected chi connectivity index (χ3v) is 5.26. The van der Waals surface area contributed by atoms with Gasteiger partial charge in [-0.2, -0.15) is 0 Å². The van der Waals surface area contributed by atoms with Crippen molar-refractivity contribution in [2.45, 2.75) is 45.4 Å². The maximum absolute atomic E-state index is 12.4. The average molecular weight is 250 g/mol. The predicted molar refractivity (Wildman–Crippen MR) is 67.4 cm³/mol. The molecule has 0 aromatic rings. The van der Waals surface area contributed by atoms with E-state index < -0.39 is 5.91 Å². The highest BCUT2D eigenvalue weighted by molar-refractivity contribution is 5.87. The molecule has 18 heavy (non-hydrogen) atoms. The highest BCUT2D eigenvalue weighted by Gasteiger charge is 2.58. The highest BCUT2D eigenvalue weighted by atomic mass is 16.2. The monoisotopic (exact) mass is 250 g/mol. The summed E-state index contributed by atoms with van der Waals surface area (Å²) >= 11 is 0. The van der Waals surface area contributed by atoms with Gasteiger partial charge in [0.05, 0.1) is 12.0 Å². The fourth-order valence-corrected chi connectivity index (χ4v) is 5.34. The van der Waals surface area contributed by atoms with E-state index in [-0.39, 0.29) is 17.9 Å². The molecule has 100 valence electrons. The average Bonchev–Trinajstić information content (AvgIpc) is 2.22. The van der Waals surface area contributed by atoms with Crippen LogP contribution in [0.1, 0.15) is 45.4 Å². The highest BCUT2D eigenvalue weighted by Crippen LogP contribution is 2.65. The molecule has 4 aliphatic carbocycles. The number of carbonyl (C=O) groups is 2. The van der Waals surface area contributed by atoms with E-state index >= 15 is 0 Å². The van der Waals surface area contributed by atoms with Crippen molar-refractivity contribution in [2.75, 3.05) is 6.54 Å². The molecule has 2 atom stereocenters. The van der Waals surface area contributed by atoms with Crippen molar-refractivity contribution in [3.63, 3.8) is 0 Å². The van der Waals surface area contributed by atoms with Crippen LogP contribution >= 0.6 is 0 Å². The Hall–Kier alpha value is -1.06. The van der Waals surface area contributed by atoms with Crippen molar-refractivity contribution in [1.82, 2.24) is 5.32 Å². The lowest BCUT2D eigenvalue weighted by atomic mass is 9.44. The zero-order valence-corrected chi connectivity index (χ0v) is 11.0. The fourth-order valence-electron chi connectivity index (χ4n) is 5.34. The number of amides is 2. The van der Waals surface area contributed by atoms with Crippen molar-refractivity contribution >= 4 is 11.8 Å². The Kier molecular flexibility index (Phi) is 2.48. The summed E-state index contributed by atoms with van der Waals surface area (Å²) in [6.45, 7) is 2.31. The molecule has 4 fully saturated rings. The van der Waals surface area contributed by atoms with Gasteiger partial charge >= 0.3 is 0 Å². The number of nitrogens with two attached hydrogens (primary N) is 1. The molecule has 2 unspecified atom stereocenters. The van der Waals surface area contributed by atoms with Gasteiger partial charge in [0.25, 0.3) is 0 Å². The molecule has 0 radical (unpaired) electrons. The number of hydrogen-bond acceptors (Lipinski definition) is 2. The van der Waals surface area contributed by atoms with E-state index in [0.717, 1.165) is 31.1 Å². The van der Waals surface area contributed by atoms with Crippen LogP contribution in [0.2, 0.25) is 0 Å². The molecule has 0 aliphatic heterocycles. The van der Waals surface area contributed by atoms with E-state index in [0.29, 0.717) is 5.41 Å². The minimum Gasteiger partial charge on any atom is -0.368 e. The van der Waals surface area contributed by atoms with Crippen molar-refractivity contribution in [1.29, 1.82) is 0 Å². The first kappa shape index (κ1) is 12.0. The van der Waals surface area contributed by atoms with E-state index in [9.17, 15) is 9.59 Å². The van der Waals surface area contributed by atoms with Gasteiger partial charge in [-0.3, -0.25) is 9.59 Å². The van der Waals surface area contributed by atoms with Gasteiger partial charge in [-0.15, -0.1) is 0 Å². The molecule has 0 saturated heterocycles. The Morgan fingerprint density at radius 2 is 1.83 bits per heavy atom. The second-order valence-corrected chi connectivity index (χ2v) is 7.20. The molecule has 4 rings (SSSR count). The molecule has 2 amide bonds. The lowest BCUT2D eigenvalue weighted by Crippen LogP contribution is -2.57. The molecule has 0 heterocycles. The predicted octanol–water partition coefficient (Wildman–Crippen LogP) is 1.19. The molecule has 0 aromatic carbocycles. The van der Waals surface area contributed by atoms with Gasteiger partial charge < -0.3 is 11.1 Å². The largest absolute Gasteiger partial charge is 0.368 e. The molecule has 0 aromatic heterocycles. The second-order valence-electron chi connectivity index (χ2n) is 7.20. The molecule has 4 heteroatoms. The van der Waals surface area contributed by atoms with E-state index in [1.165, 1.54) is 19.3 Å². The Labute approximate surface area is 108 Å². The number of nitrogens with one attached hydrogen (secondary N) is 1. The van der Waals surface area contributed by atoms with Gasteiger partial charge in [-0.25, -0.2) is 0 Å². The molecule has 4 saturated carbocycles. The third kappa shape index (κ3) is 1.82. The van der Waals surface area contributed by atoms with Crippen LogP contribution in [0.3, 0.4) is 0 Å². The SMILES string of the molecule is CC12CC3CC(C1)CC(C(=O)NCC(N)=O)(C3)C2. The third-order valence-electron chi connectivity index (χ3n) is 5.26. The standard InChI is InChI=1S/C14H22N2O2/c1-13-3-9-2-10(4-13)6-14(5-9,8-13)12(18)16-7-11(15)17/h9-10H,2-8H2,1H3,(H2,15,17)(H,16,18). The summed E-state index contributed by atoms with van der Waals surface area (Å²) in [4.78, 5) is 23.2. The van der Waals surface area contributed by atoms with Crippen LogP contribution in [0, 0.1) is 22.7 Å². The van der Waals surface area contributed by atoms with Crippen LogP contribution in [-0.4, -0.2) is 18.4 Å². The van der Waals surface area contributed by atoms with Crippen LogP contribution in [0.25, 0.3) is 0 Å². The normalized spacial score (nSPS) is 44.9.